The average Bonchev–Trinajstić information content (AvgIpc) is 1.82. The fourth-order valence-electron chi connectivity index (χ4n) is 1.29. The van der Waals surface area contributed by atoms with Crippen molar-refractivity contribution in [3.63, 3.8) is 0 Å². The number of rotatable bonds is 5. The summed E-state index contributed by atoms with van der Waals surface area (Å²) >= 11 is 0. The molecule has 0 amide bonds. The Morgan fingerprint density at radius 1 is 1.08 bits per heavy atom. The lowest BCUT2D eigenvalue weighted by Crippen LogP contribution is -2.38. The summed E-state index contributed by atoms with van der Waals surface area (Å²) in [4.78, 5) is 0. The number of hydrogen-bond acceptors (Lipinski definition) is 2. The zero-order valence-electron chi connectivity index (χ0n) is 9.81. The SMILES string of the molecule is CCCC(C)(N)CCOC(C)(C)C. The lowest BCUT2D eigenvalue weighted by atomic mass is 9.94. The predicted octanol–water partition coefficient (Wildman–Crippen LogP) is 2.71. The molecule has 0 heterocycles. The van der Waals surface area contributed by atoms with Crippen LogP contribution >= 0.6 is 0 Å². The van der Waals surface area contributed by atoms with Crippen LogP contribution in [0.5, 0.6) is 0 Å². The summed E-state index contributed by atoms with van der Waals surface area (Å²) in [5.74, 6) is 0. The van der Waals surface area contributed by atoms with E-state index in [0.29, 0.717) is 0 Å². The molecule has 13 heavy (non-hydrogen) atoms. The highest BCUT2D eigenvalue weighted by atomic mass is 16.5. The fraction of sp³-hybridized carbons (Fsp3) is 1.00. The van der Waals surface area contributed by atoms with Crippen LogP contribution in [0.4, 0.5) is 0 Å². The largest absolute Gasteiger partial charge is 0.376 e. The molecule has 0 fully saturated rings. The van der Waals surface area contributed by atoms with Crippen LogP contribution in [-0.4, -0.2) is 17.7 Å². The van der Waals surface area contributed by atoms with Gasteiger partial charge in [0.1, 0.15) is 0 Å². The highest BCUT2D eigenvalue weighted by Crippen LogP contribution is 2.15. The molecular formula is C11H25NO. The highest BCUT2D eigenvalue weighted by molar-refractivity contribution is 4.77. The number of nitrogens with two attached hydrogens (primary N) is 1. The molecule has 0 radical (unpaired) electrons. The van der Waals surface area contributed by atoms with Crippen molar-refractivity contribution in [2.24, 2.45) is 5.73 Å². The minimum absolute atomic E-state index is 0.0394. The first kappa shape index (κ1) is 12.9. The van der Waals surface area contributed by atoms with E-state index in [4.69, 9.17) is 10.5 Å². The van der Waals surface area contributed by atoms with E-state index in [9.17, 15) is 0 Å². The van der Waals surface area contributed by atoms with Gasteiger partial charge in [0.15, 0.2) is 0 Å². The van der Waals surface area contributed by atoms with Crippen molar-refractivity contribution >= 4 is 0 Å². The summed E-state index contributed by atoms with van der Waals surface area (Å²) in [5, 5.41) is 0. The van der Waals surface area contributed by atoms with Crippen LogP contribution in [0.2, 0.25) is 0 Å². The van der Waals surface area contributed by atoms with E-state index in [1.54, 1.807) is 0 Å². The van der Waals surface area contributed by atoms with E-state index in [2.05, 4.69) is 34.6 Å². The molecular weight excluding hydrogens is 162 g/mol. The van der Waals surface area contributed by atoms with Crippen LogP contribution in [0.25, 0.3) is 0 Å². The van der Waals surface area contributed by atoms with Crippen molar-refractivity contribution in [3.8, 4) is 0 Å². The second-order valence-corrected chi connectivity index (χ2v) is 5.11. The van der Waals surface area contributed by atoms with Gasteiger partial charge in [-0.05, 0) is 40.5 Å². The second kappa shape index (κ2) is 4.97. The van der Waals surface area contributed by atoms with Crippen LogP contribution in [-0.2, 0) is 4.74 Å². The molecule has 0 aliphatic carbocycles. The Bertz CT molecular complexity index is 136. The van der Waals surface area contributed by atoms with Gasteiger partial charge in [-0.15, -0.1) is 0 Å². The maximum absolute atomic E-state index is 6.08. The molecule has 2 nitrogen and oxygen atoms in total. The Morgan fingerprint density at radius 2 is 1.62 bits per heavy atom. The molecule has 1 unspecified atom stereocenters. The molecule has 0 aliphatic heterocycles. The molecule has 0 aromatic rings. The van der Waals surface area contributed by atoms with Gasteiger partial charge in [-0.2, -0.15) is 0 Å². The molecule has 0 saturated heterocycles. The average molecular weight is 187 g/mol. The van der Waals surface area contributed by atoms with Gasteiger partial charge in [0, 0.05) is 12.1 Å². The molecule has 0 aliphatic rings. The Hall–Kier alpha value is -0.0800. The van der Waals surface area contributed by atoms with E-state index in [1.807, 2.05) is 0 Å². The number of hydrogen-bond donors (Lipinski definition) is 1. The van der Waals surface area contributed by atoms with Gasteiger partial charge in [-0.25, -0.2) is 0 Å². The monoisotopic (exact) mass is 187 g/mol. The summed E-state index contributed by atoms with van der Waals surface area (Å²) < 4.78 is 5.63. The minimum atomic E-state index is -0.0556. The molecule has 2 N–H and O–H groups in total. The molecule has 0 spiro atoms. The summed E-state index contributed by atoms with van der Waals surface area (Å²) in [6, 6.07) is 0. The lowest BCUT2D eigenvalue weighted by molar-refractivity contribution is -0.0107. The van der Waals surface area contributed by atoms with Crippen LogP contribution in [0.15, 0.2) is 0 Å². The minimum Gasteiger partial charge on any atom is -0.376 e. The Morgan fingerprint density at radius 3 is 2.00 bits per heavy atom. The van der Waals surface area contributed by atoms with Crippen molar-refractivity contribution in [2.45, 2.75) is 65.0 Å². The molecule has 0 aromatic carbocycles. The van der Waals surface area contributed by atoms with Gasteiger partial charge in [-0.3, -0.25) is 0 Å². The maximum Gasteiger partial charge on any atom is 0.0598 e. The lowest BCUT2D eigenvalue weighted by Gasteiger charge is -2.27. The maximum atomic E-state index is 6.08. The third-order valence-electron chi connectivity index (χ3n) is 2.03. The van der Waals surface area contributed by atoms with E-state index in [1.165, 1.54) is 0 Å². The fourth-order valence-corrected chi connectivity index (χ4v) is 1.29. The molecule has 0 saturated carbocycles. The molecule has 0 bridgehead atoms. The topological polar surface area (TPSA) is 35.2 Å². The normalized spacial score (nSPS) is 17.1. The van der Waals surface area contributed by atoms with Crippen molar-refractivity contribution in [2.75, 3.05) is 6.61 Å². The van der Waals surface area contributed by atoms with E-state index >= 15 is 0 Å². The molecule has 2 heteroatoms. The third-order valence-corrected chi connectivity index (χ3v) is 2.03. The van der Waals surface area contributed by atoms with Crippen LogP contribution in [0, 0.1) is 0 Å². The van der Waals surface area contributed by atoms with Gasteiger partial charge >= 0.3 is 0 Å². The summed E-state index contributed by atoms with van der Waals surface area (Å²) in [5.41, 5.74) is 5.98. The van der Waals surface area contributed by atoms with Crippen LogP contribution < -0.4 is 5.73 Å². The van der Waals surface area contributed by atoms with Gasteiger partial charge in [0.05, 0.1) is 5.60 Å². The van der Waals surface area contributed by atoms with Crippen molar-refractivity contribution in [1.29, 1.82) is 0 Å². The standard InChI is InChI=1S/C11H25NO/c1-6-7-11(5,12)8-9-13-10(2,3)4/h6-9,12H2,1-5H3. The van der Waals surface area contributed by atoms with E-state index in [-0.39, 0.29) is 11.1 Å². The van der Waals surface area contributed by atoms with Crippen LogP contribution in [0.1, 0.15) is 53.9 Å². The molecule has 0 aromatic heterocycles. The van der Waals surface area contributed by atoms with E-state index in [0.717, 1.165) is 25.9 Å². The quantitative estimate of drug-likeness (QED) is 0.718. The van der Waals surface area contributed by atoms with Gasteiger partial charge in [0.2, 0.25) is 0 Å². The van der Waals surface area contributed by atoms with Gasteiger partial charge < -0.3 is 10.5 Å². The molecule has 1 atom stereocenters. The third kappa shape index (κ3) is 8.26. The zero-order chi connectivity index (χ0) is 10.5. The summed E-state index contributed by atoms with van der Waals surface area (Å²) in [7, 11) is 0. The second-order valence-electron chi connectivity index (χ2n) is 5.11. The first-order valence-corrected chi connectivity index (χ1v) is 5.20. The Kier molecular flexibility index (Phi) is 4.93. The van der Waals surface area contributed by atoms with E-state index < -0.39 is 0 Å². The van der Waals surface area contributed by atoms with Crippen molar-refractivity contribution < 1.29 is 4.74 Å². The zero-order valence-corrected chi connectivity index (χ0v) is 9.81. The van der Waals surface area contributed by atoms with Crippen molar-refractivity contribution in [3.05, 3.63) is 0 Å². The van der Waals surface area contributed by atoms with Crippen LogP contribution in [0.3, 0.4) is 0 Å². The van der Waals surface area contributed by atoms with Gasteiger partial charge in [-0.1, -0.05) is 13.3 Å². The van der Waals surface area contributed by atoms with Gasteiger partial charge in [0.25, 0.3) is 0 Å². The number of ether oxygens (including phenoxy) is 1. The summed E-state index contributed by atoms with van der Waals surface area (Å²) in [6.07, 6.45) is 3.15. The summed E-state index contributed by atoms with van der Waals surface area (Å²) in [6.45, 7) is 11.2. The first-order valence-electron chi connectivity index (χ1n) is 5.20. The molecule has 80 valence electrons. The smallest absolute Gasteiger partial charge is 0.0598 e. The predicted molar refractivity (Wildman–Crippen MR) is 57.8 cm³/mol. The Labute approximate surface area is 82.8 Å². The Balaban J connectivity index is 3.63. The first-order chi connectivity index (χ1) is 5.77. The highest BCUT2D eigenvalue weighted by Gasteiger charge is 2.18. The molecule has 0 rings (SSSR count). The van der Waals surface area contributed by atoms with Crippen molar-refractivity contribution in [1.82, 2.24) is 0 Å².